The first-order valence-corrected chi connectivity index (χ1v) is 4.07. The lowest BCUT2D eigenvalue weighted by atomic mass is 10.3. The zero-order chi connectivity index (χ0) is 9.40. The lowest BCUT2D eigenvalue weighted by Gasteiger charge is -1.89. The molecule has 1 rings (SSSR count). The van der Waals surface area contributed by atoms with Crippen LogP contribution in [-0.4, -0.2) is 4.98 Å². The summed E-state index contributed by atoms with van der Waals surface area (Å²) in [6, 6.07) is 3.03. The summed E-state index contributed by atoms with van der Waals surface area (Å²) in [6.45, 7) is 5.89. The quantitative estimate of drug-likeness (QED) is 0.625. The molecule has 1 heterocycles. The number of nitrogens with zero attached hydrogens (tertiary/aromatic N) is 1. The highest BCUT2D eigenvalue weighted by Gasteiger charge is 1.87. The minimum absolute atomic E-state index is 0.298. The van der Waals surface area contributed by atoms with E-state index in [0.717, 1.165) is 5.69 Å². The van der Waals surface area contributed by atoms with Crippen LogP contribution in [0.5, 0.6) is 0 Å². The Bertz CT molecular complexity index is 226. The van der Waals surface area contributed by atoms with Crippen molar-refractivity contribution in [3.63, 3.8) is 0 Å². The molecule has 0 spiro atoms. The number of allylic oxidation sites excluding steroid dienone is 1. The van der Waals surface area contributed by atoms with E-state index in [4.69, 9.17) is 0 Å². The zero-order valence-electron chi connectivity index (χ0n) is 7.71. The molecule has 0 aliphatic carbocycles. The van der Waals surface area contributed by atoms with Gasteiger partial charge in [0, 0.05) is 0 Å². The van der Waals surface area contributed by atoms with Gasteiger partial charge in [0.15, 0.2) is 0 Å². The van der Waals surface area contributed by atoms with Crippen LogP contribution in [0.25, 0.3) is 6.08 Å². The predicted octanol–water partition coefficient (Wildman–Crippen LogP) is 3.28. The molecule has 0 bridgehead atoms. The Hall–Kier alpha value is -1.18. The lowest BCUT2D eigenvalue weighted by molar-refractivity contribution is 0.621. The van der Waals surface area contributed by atoms with Gasteiger partial charge >= 0.3 is 0 Å². The summed E-state index contributed by atoms with van der Waals surface area (Å²) in [5, 5.41) is 0. The highest BCUT2D eigenvalue weighted by molar-refractivity contribution is 5.43. The van der Waals surface area contributed by atoms with Crippen LogP contribution in [0.15, 0.2) is 24.4 Å². The summed E-state index contributed by atoms with van der Waals surface area (Å²) in [5.74, 6) is -0.298. The fraction of sp³-hybridized carbons (Fsp3) is 0.300. The van der Waals surface area contributed by atoms with Crippen LogP contribution >= 0.6 is 0 Å². The first-order valence-electron chi connectivity index (χ1n) is 4.07. The highest BCUT2D eigenvalue weighted by Crippen LogP contribution is 1.99. The third-order valence-corrected chi connectivity index (χ3v) is 1.09. The molecular formula is C10H14FN. The maximum Gasteiger partial charge on any atom is 0.141 e. The van der Waals surface area contributed by atoms with E-state index in [1.165, 1.54) is 12.3 Å². The van der Waals surface area contributed by atoms with E-state index in [-0.39, 0.29) is 5.82 Å². The van der Waals surface area contributed by atoms with Crippen molar-refractivity contribution in [2.24, 2.45) is 0 Å². The second kappa shape index (κ2) is 6.53. The van der Waals surface area contributed by atoms with E-state index in [1.54, 1.807) is 6.07 Å². The summed E-state index contributed by atoms with van der Waals surface area (Å²) in [6.07, 6.45) is 4.88. The molecule has 66 valence electrons. The van der Waals surface area contributed by atoms with Gasteiger partial charge in [0.2, 0.25) is 0 Å². The summed E-state index contributed by atoms with van der Waals surface area (Å²) >= 11 is 0. The molecule has 1 aromatic heterocycles. The molecule has 1 nitrogen and oxygen atoms in total. The zero-order valence-corrected chi connectivity index (χ0v) is 7.71. The molecule has 0 N–H and O–H groups in total. The van der Waals surface area contributed by atoms with Gasteiger partial charge in [0.1, 0.15) is 5.82 Å². The van der Waals surface area contributed by atoms with Crippen molar-refractivity contribution >= 4 is 6.08 Å². The van der Waals surface area contributed by atoms with Crippen molar-refractivity contribution in [3.8, 4) is 0 Å². The Morgan fingerprint density at radius 1 is 1.33 bits per heavy atom. The van der Waals surface area contributed by atoms with E-state index in [2.05, 4.69) is 4.98 Å². The van der Waals surface area contributed by atoms with Crippen LogP contribution in [0.1, 0.15) is 26.5 Å². The maximum absolute atomic E-state index is 12.2. The fourth-order valence-electron chi connectivity index (χ4n) is 0.657. The molecule has 0 atom stereocenters. The molecular weight excluding hydrogens is 153 g/mol. The van der Waals surface area contributed by atoms with Crippen LogP contribution in [-0.2, 0) is 0 Å². The molecule has 0 amide bonds. The number of hydrogen-bond donors (Lipinski definition) is 0. The van der Waals surface area contributed by atoms with Gasteiger partial charge in [-0.05, 0) is 25.1 Å². The van der Waals surface area contributed by atoms with Gasteiger partial charge in [0.05, 0.1) is 11.9 Å². The fourth-order valence-corrected chi connectivity index (χ4v) is 0.657. The van der Waals surface area contributed by atoms with Crippen molar-refractivity contribution in [2.75, 3.05) is 0 Å². The molecule has 0 aliphatic heterocycles. The molecule has 0 aromatic carbocycles. The third-order valence-electron chi connectivity index (χ3n) is 1.09. The largest absolute Gasteiger partial charge is 0.254 e. The van der Waals surface area contributed by atoms with Crippen molar-refractivity contribution < 1.29 is 4.39 Å². The Morgan fingerprint density at radius 2 is 2.00 bits per heavy atom. The Balaban J connectivity index is 0.000000561. The molecule has 0 saturated carbocycles. The SMILES string of the molecule is C/C=C/c1ccc(F)cn1.CC. The van der Waals surface area contributed by atoms with Crippen LogP contribution in [0.4, 0.5) is 4.39 Å². The predicted molar refractivity (Wildman–Crippen MR) is 50.3 cm³/mol. The number of pyridine rings is 1. The van der Waals surface area contributed by atoms with Crippen LogP contribution in [0.3, 0.4) is 0 Å². The van der Waals surface area contributed by atoms with E-state index in [1.807, 2.05) is 32.9 Å². The monoisotopic (exact) mass is 167 g/mol. The summed E-state index contributed by atoms with van der Waals surface area (Å²) in [7, 11) is 0. The second-order valence-corrected chi connectivity index (χ2v) is 1.90. The molecule has 0 fully saturated rings. The third kappa shape index (κ3) is 3.86. The molecule has 0 radical (unpaired) electrons. The minimum atomic E-state index is -0.298. The van der Waals surface area contributed by atoms with E-state index >= 15 is 0 Å². The first-order chi connectivity index (χ1) is 5.83. The smallest absolute Gasteiger partial charge is 0.141 e. The molecule has 2 heteroatoms. The molecule has 12 heavy (non-hydrogen) atoms. The van der Waals surface area contributed by atoms with Crippen molar-refractivity contribution in [1.82, 2.24) is 4.98 Å². The highest BCUT2D eigenvalue weighted by atomic mass is 19.1. The van der Waals surface area contributed by atoms with Gasteiger partial charge in [-0.1, -0.05) is 19.9 Å². The van der Waals surface area contributed by atoms with E-state index in [9.17, 15) is 4.39 Å². The summed E-state index contributed by atoms with van der Waals surface area (Å²) in [4.78, 5) is 3.81. The number of rotatable bonds is 1. The number of hydrogen-bond acceptors (Lipinski definition) is 1. The summed E-state index contributed by atoms with van der Waals surface area (Å²) < 4.78 is 12.2. The van der Waals surface area contributed by atoms with E-state index < -0.39 is 0 Å². The Labute approximate surface area is 73.0 Å². The van der Waals surface area contributed by atoms with Gasteiger partial charge in [-0.2, -0.15) is 0 Å². The van der Waals surface area contributed by atoms with Crippen LogP contribution in [0.2, 0.25) is 0 Å². The number of halogens is 1. The topological polar surface area (TPSA) is 12.9 Å². The lowest BCUT2D eigenvalue weighted by Crippen LogP contribution is -1.80. The molecule has 0 saturated heterocycles. The summed E-state index contributed by atoms with van der Waals surface area (Å²) in [5.41, 5.74) is 0.781. The second-order valence-electron chi connectivity index (χ2n) is 1.90. The Kier molecular flexibility index (Phi) is 5.88. The molecule has 1 aromatic rings. The first kappa shape index (κ1) is 10.8. The molecule has 0 unspecified atom stereocenters. The van der Waals surface area contributed by atoms with Crippen molar-refractivity contribution in [3.05, 3.63) is 35.9 Å². The minimum Gasteiger partial charge on any atom is -0.254 e. The number of aromatic nitrogens is 1. The van der Waals surface area contributed by atoms with Gasteiger partial charge in [0.25, 0.3) is 0 Å². The van der Waals surface area contributed by atoms with Gasteiger partial charge in [-0.15, -0.1) is 0 Å². The van der Waals surface area contributed by atoms with Crippen LogP contribution in [0, 0.1) is 5.82 Å². The van der Waals surface area contributed by atoms with Gasteiger partial charge in [-0.25, -0.2) is 4.39 Å². The Morgan fingerprint density at radius 3 is 2.42 bits per heavy atom. The van der Waals surface area contributed by atoms with Gasteiger partial charge in [-0.3, -0.25) is 4.98 Å². The normalized spacial score (nSPS) is 9.33. The maximum atomic E-state index is 12.2. The van der Waals surface area contributed by atoms with Crippen molar-refractivity contribution in [2.45, 2.75) is 20.8 Å². The average molecular weight is 167 g/mol. The standard InChI is InChI=1S/C8H8FN.C2H6/c1-2-3-8-5-4-7(9)6-10-8;1-2/h2-6H,1H3;1-2H3/b3-2+;. The van der Waals surface area contributed by atoms with Crippen LogP contribution < -0.4 is 0 Å². The molecule has 0 aliphatic rings. The van der Waals surface area contributed by atoms with Gasteiger partial charge < -0.3 is 0 Å². The average Bonchev–Trinajstić information content (AvgIpc) is 2.13. The van der Waals surface area contributed by atoms with E-state index in [0.29, 0.717) is 0 Å². The van der Waals surface area contributed by atoms with Crippen molar-refractivity contribution in [1.29, 1.82) is 0 Å².